The summed E-state index contributed by atoms with van der Waals surface area (Å²) in [5, 5.41) is 8.14. The molecule has 3 aliphatic rings. The summed E-state index contributed by atoms with van der Waals surface area (Å²) in [7, 11) is 0. The van der Waals surface area contributed by atoms with E-state index in [9.17, 15) is 19.2 Å². The van der Waals surface area contributed by atoms with Crippen molar-refractivity contribution in [1.82, 2.24) is 31.0 Å². The number of hydrazine groups is 1. The van der Waals surface area contributed by atoms with Gasteiger partial charge in [0.05, 0.1) is 22.7 Å². The number of rotatable bonds is 1. The van der Waals surface area contributed by atoms with Crippen LogP contribution in [-0.4, -0.2) is 69.7 Å². The Labute approximate surface area is 247 Å². The number of fused-ring (bicyclic) bond motifs is 6. The predicted octanol–water partition coefficient (Wildman–Crippen LogP) is 3.09. The van der Waals surface area contributed by atoms with Gasteiger partial charge in [-0.2, -0.15) is 0 Å². The first-order valence-electron chi connectivity index (χ1n) is 15.0. The fraction of sp³-hybridized carbons (Fsp3) is 0.531. The fourth-order valence-electron chi connectivity index (χ4n) is 5.94. The molecule has 5 rings (SSSR count). The molecule has 0 aliphatic carbocycles. The molecule has 2 fully saturated rings. The van der Waals surface area contributed by atoms with Crippen LogP contribution < -0.4 is 16.1 Å². The molecule has 4 heterocycles. The highest BCUT2D eigenvalue weighted by molar-refractivity contribution is 5.94. The van der Waals surface area contributed by atoms with Crippen LogP contribution in [0.3, 0.4) is 0 Å². The van der Waals surface area contributed by atoms with Gasteiger partial charge in [0.15, 0.2) is 0 Å². The molecule has 1 aromatic heterocycles. The molecule has 4 amide bonds. The van der Waals surface area contributed by atoms with Gasteiger partial charge in [-0.3, -0.25) is 29.2 Å². The average Bonchev–Trinajstić information content (AvgIpc) is 3.47. The summed E-state index contributed by atoms with van der Waals surface area (Å²) in [5.74, 6) is -1.29. The average molecular weight is 575 g/mol. The molecule has 2 aromatic rings. The molecule has 0 radical (unpaired) electrons. The summed E-state index contributed by atoms with van der Waals surface area (Å²) in [4.78, 5) is 60.7. The van der Waals surface area contributed by atoms with Crippen LogP contribution in [0, 0.1) is 11.3 Å². The molecule has 2 saturated heterocycles. The summed E-state index contributed by atoms with van der Waals surface area (Å²) in [6.45, 7) is 10.0. The maximum Gasteiger partial charge on any atom is 0.258 e. The first-order chi connectivity index (χ1) is 19.9. The van der Waals surface area contributed by atoms with Crippen LogP contribution in [0.4, 0.5) is 0 Å². The van der Waals surface area contributed by atoms with Crippen molar-refractivity contribution in [2.24, 2.45) is 11.3 Å². The Balaban J connectivity index is 1.53. The van der Waals surface area contributed by atoms with Crippen molar-refractivity contribution >= 4 is 40.6 Å². The van der Waals surface area contributed by atoms with E-state index in [1.807, 2.05) is 61.2 Å². The number of carbonyl (C=O) groups excluding carboxylic acids is 4. The number of pyridine rings is 1. The number of nitrogens with zero attached hydrogens (tertiary/aromatic N) is 3. The van der Waals surface area contributed by atoms with Crippen molar-refractivity contribution in [1.29, 1.82) is 0 Å². The Hall–Kier alpha value is -3.79. The van der Waals surface area contributed by atoms with Gasteiger partial charge in [-0.15, -0.1) is 0 Å². The quantitative estimate of drug-likeness (QED) is 0.481. The van der Waals surface area contributed by atoms with Gasteiger partial charge in [-0.05, 0) is 70.1 Å². The summed E-state index contributed by atoms with van der Waals surface area (Å²) in [5.41, 5.74) is 4.81. The smallest absolute Gasteiger partial charge is 0.258 e. The van der Waals surface area contributed by atoms with Crippen LogP contribution in [0.15, 0.2) is 36.4 Å². The Bertz CT molecular complexity index is 1420. The lowest BCUT2D eigenvalue weighted by Crippen LogP contribution is -2.62. The molecule has 3 N–H and O–H groups in total. The summed E-state index contributed by atoms with van der Waals surface area (Å²) >= 11 is 0. The highest BCUT2D eigenvalue weighted by Gasteiger charge is 2.38. The first kappa shape index (κ1) is 29.7. The van der Waals surface area contributed by atoms with Crippen LogP contribution in [0.25, 0.3) is 17.0 Å². The molecule has 0 saturated carbocycles. The molecule has 4 atom stereocenters. The van der Waals surface area contributed by atoms with E-state index < -0.39 is 29.4 Å². The number of amides is 4. The van der Waals surface area contributed by atoms with Gasteiger partial charge in [0.2, 0.25) is 17.7 Å². The van der Waals surface area contributed by atoms with Crippen LogP contribution in [0.2, 0.25) is 0 Å². The molecule has 5 bridgehead atoms. The van der Waals surface area contributed by atoms with Crippen molar-refractivity contribution in [2.45, 2.75) is 84.5 Å². The van der Waals surface area contributed by atoms with Gasteiger partial charge in [-0.1, -0.05) is 44.2 Å². The maximum absolute atomic E-state index is 13.8. The van der Waals surface area contributed by atoms with Gasteiger partial charge < -0.3 is 15.5 Å². The minimum Gasteiger partial charge on any atom is -0.343 e. The molecule has 42 heavy (non-hydrogen) atoms. The Kier molecular flexibility index (Phi) is 8.37. The second kappa shape index (κ2) is 11.8. The zero-order valence-electron chi connectivity index (χ0n) is 25.1. The maximum atomic E-state index is 13.8. The molecule has 0 spiro atoms. The van der Waals surface area contributed by atoms with E-state index in [1.54, 1.807) is 20.8 Å². The van der Waals surface area contributed by atoms with Gasteiger partial charge in [0.25, 0.3) is 5.91 Å². The number of benzene rings is 1. The lowest BCUT2D eigenvalue weighted by molar-refractivity contribution is -0.146. The molecule has 3 aliphatic heterocycles. The van der Waals surface area contributed by atoms with Gasteiger partial charge in [0, 0.05) is 18.5 Å². The van der Waals surface area contributed by atoms with Gasteiger partial charge in [0.1, 0.15) is 18.1 Å². The van der Waals surface area contributed by atoms with E-state index in [-0.39, 0.29) is 29.7 Å². The van der Waals surface area contributed by atoms with Crippen LogP contribution in [0.5, 0.6) is 0 Å². The molecule has 224 valence electrons. The van der Waals surface area contributed by atoms with Crippen LogP contribution in [0.1, 0.15) is 77.6 Å². The van der Waals surface area contributed by atoms with E-state index in [0.29, 0.717) is 25.9 Å². The van der Waals surface area contributed by atoms with Crippen LogP contribution in [-0.2, 0) is 19.2 Å². The summed E-state index contributed by atoms with van der Waals surface area (Å²) < 4.78 is 0. The Morgan fingerprint density at radius 2 is 1.69 bits per heavy atom. The monoisotopic (exact) mass is 574 g/mol. The predicted molar refractivity (Wildman–Crippen MR) is 160 cm³/mol. The molecule has 10 nitrogen and oxygen atoms in total. The van der Waals surface area contributed by atoms with Crippen molar-refractivity contribution in [3.8, 4) is 0 Å². The fourth-order valence-corrected chi connectivity index (χ4v) is 5.94. The number of hydrogen-bond donors (Lipinski definition) is 3. The zero-order valence-corrected chi connectivity index (χ0v) is 25.1. The molecular weight excluding hydrogens is 532 g/mol. The summed E-state index contributed by atoms with van der Waals surface area (Å²) in [6.07, 6.45) is 6.71. The topological polar surface area (TPSA) is 124 Å². The number of hydrogen-bond acceptors (Lipinski definition) is 6. The molecule has 10 heteroatoms. The normalized spacial score (nSPS) is 27.3. The minimum absolute atomic E-state index is 0.0408. The zero-order chi connectivity index (χ0) is 30.2. The Morgan fingerprint density at radius 1 is 0.952 bits per heavy atom. The van der Waals surface area contributed by atoms with E-state index >= 15 is 0 Å². The van der Waals surface area contributed by atoms with E-state index in [2.05, 4.69) is 16.1 Å². The van der Waals surface area contributed by atoms with Crippen molar-refractivity contribution in [3.05, 3.63) is 47.7 Å². The number of aromatic nitrogens is 1. The highest BCUT2D eigenvalue weighted by atomic mass is 16.2. The minimum atomic E-state index is -0.907. The van der Waals surface area contributed by atoms with Crippen molar-refractivity contribution < 1.29 is 19.2 Å². The van der Waals surface area contributed by atoms with E-state index in [1.165, 1.54) is 5.01 Å². The Morgan fingerprint density at radius 3 is 2.45 bits per heavy atom. The number of nitrogens with one attached hydrogen (secondary N) is 3. The van der Waals surface area contributed by atoms with E-state index in [0.717, 1.165) is 35.0 Å². The van der Waals surface area contributed by atoms with Crippen molar-refractivity contribution in [2.75, 3.05) is 13.1 Å². The standard InChI is InChI=1S/C32H42N6O4/c1-19(2)27-28(39)33-20(3)29(40)38-17-6-8-24(36-38)30(41)37-16-7-9-26(37)23-13-12-22-11-10-21(18-25(22)34-23)14-15-32(4,5)31(42)35-27/h10-15,18-20,24,26-27,36H,6-9,16-17H2,1-5H3,(H,33,39)(H,35,42). The lowest BCUT2D eigenvalue weighted by Gasteiger charge is -2.37. The molecule has 4 unspecified atom stereocenters. The third-order valence-electron chi connectivity index (χ3n) is 8.61. The van der Waals surface area contributed by atoms with Gasteiger partial charge >= 0.3 is 0 Å². The summed E-state index contributed by atoms with van der Waals surface area (Å²) in [6, 6.07) is 7.66. The number of carbonyl (C=O) groups is 4. The second-order valence-electron chi connectivity index (χ2n) is 12.7. The lowest BCUT2D eigenvalue weighted by atomic mass is 9.89. The van der Waals surface area contributed by atoms with Crippen molar-refractivity contribution in [3.63, 3.8) is 0 Å². The third kappa shape index (κ3) is 6.04. The largest absolute Gasteiger partial charge is 0.343 e. The van der Waals surface area contributed by atoms with Crippen LogP contribution >= 0.6 is 0 Å². The van der Waals surface area contributed by atoms with E-state index in [4.69, 9.17) is 4.98 Å². The molecular formula is C32H42N6O4. The highest BCUT2D eigenvalue weighted by Crippen LogP contribution is 2.33. The second-order valence-corrected chi connectivity index (χ2v) is 12.7. The SMILES string of the molecule is CC1NC(=O)C(C(C)C)NC(=O)C(C)(C)C=Cc2ccc3ccc(nc3c2)C2CCCN2C(=O)C2CCCN(N2)C1=O. The van der Waals surface area contributed by atoms with Gasteiger partial charge in [-0.25, -0.2) is 5.43 Å². The molecule has 1 aromatic carbocycles. The first-order valence-corrected chi connectivity index (χ1v) is 15.0. The third-order valence-corrected chi connectivity index (χ3v) is 8.61.